The Labute approximate surface area is 195 Å². The Balaban J connectivity index is 2.16. The summed E-state index contributed by atoms with van der Waals surface area (Å²) < 4.78 is 0. The standard InChI is InChI=1S/C30H36BN/c1-20-16-22(3)28(23(4)17-20)31(29-24(5)18-21(2)19-25(29)6)30(32(7)8)15-11-13-26-12-9-10-14-27(26)30/h9-14,16-19H,15H2,1-8H3. The van der Waals surface area contributed by atoms with Gasteiger partial charge in [-0.2, -0.15) is 0 Å². The molecule has 0 amide bonds. The van der Waals surface area contributed by atoms with Crippen molar-refractivity contribution in [3.05, 3.63) is 99.1 Å². The minimum Gasteiger partial charge on any atom is -0.305 e. The van der Waals surface area contributed by atoms with E-state index in [1.807, 2.05) is 0 Å². The summed E-state index contributed by atoms with van der Waals surface area (Å²) in [5.41, 5.74) is 13.8. The zero-order chi connectivity index (χ0) is 23.2. The van der Waals surface area contributed by atoms with E-state index in [9.17, 15) is 0 Å². The summed E-state index contributed by atoms with van der Waals surface area (Å²) in [7, 11) is 4.53. The molecule has 0 heterocycles. The first-order valence-corrected chi connectivity index (χ1v) is 11.8. The molecule has 0 spiro atoms. The molecule has 0 fully saturated rings. The van der Waals surface area contributed by atoms with Crippen LogP contribution in [0.1, 0.15) is 50.9 Å². The molecule has 0 N–H and O–H groups in total. The van der Waals surface area contributed by atoms with E-state index in [2.05, 4.69) is 121 Å². The third-order valence-electron chi connectivity index (χ3n) is 7.48. The lowest BCUT2D eigenvalue weighted by molar-refractivity contribution is 0.244. The van der Waals surface area contributed by atoms with Crippen molar-refractivity contribution in [2.45, 2.75) is 53.4 Å². The van der Waals surface area contributed by atoms with Crippen molar-refractivity contribution in [3.8, 4) is 0 Å². The van der Waals surface area contributed by atoms with Gasteiger partial charge in [0.05, 0.1) is 0 Å². The van der Waals surface area contributed by atoms with Gasteiger partial charge < -0.3 is 4.90 Å². The van der Waals surface area contributed by atoms with Crippen LogP contribution in [-0.2, 0) is 5.44 Å². The number of nitrogens with zero attached hydrogens (tertiary/aromatic N) is 1. The molecule has 0 aliphatic heterocycles. The zero-order valence-electron chi connectivity index (χ0n) is 21.0. The van der Waals surface area contributed by atoms with Crippen LogP contribution in [0.15, 0.2) is 54.6 Å². The summed E-state index contributed by atoms with van der Waals surface area (Å²) in [6, 6.07) is 18.4. The summed E-state index contributed by atoms with van der Waals surface area (Å²) in [6.45, 7) is 13.8. The minimum absolute atomic E-state index is 0.166. The fraction of sp³-hybridized carbons (Fsp3) is 0.333. The van der Waals surface area contributed by atoms with Crippen LogP contribution in [0.4, 0.5) is 0 Å². The number of fused-ring (bicyclic) bond motifs is 1. The van der Waals surface area contributed by atoms with Gasteiger partial charge >= 0.3 is 0 Å². The number of rotatable bonds is 4. The first kappa shape index (κ1) is 22.6. The Morgan fingerprint density at radius 2 is 1.19 bits per heavy atom. The molecular weight excluding hydrogens is 385 g/mol. The molecule has 0 saturated carbocycles. The molecule has 164 valence electrons. The Morgan fingerprint density at radius 1 is 0.719 bits per heavy atom. The van der Waals surface area contributed by atoms with Gasteiger partial charge in [-0.25, -0.2) is 0 Å². The first-order valence-electron chi connectivity index (χ1n) is 11.8. The van der Waals surface area contributed by atoms with Crippen LogP contribution in [0.25, 0.3) is 6.08 Å². The molecular formula is C30H36BN. The fourth-order valence-electron chi connectivity index (χ4n) is 6.38. The third kappa shape index (κ3) is 3.55. The lowest BCUT2D eigenvalue weighted by atomic mass is 9.25. The lowest BCUT2D eigenvalue weighted by Gasteiger charge is -2.48. The van der Waals surface area contributed by atoms with E-state index < -0.39 is 0 Å². The van der Waals surface area contributed by atoms with Crippen LogP contribution in [0.2, 0.25) is 0 Å². The first-order chi connectivity index (χ1) is 15.2. The summed E-state index contributed by atoms with van der Waals surface area (Å²) in [5, 5.41) is 0. The highest BCUT2D eigenvalue weighted by Gasteiger charge is 2.49. The van der Waals surface area contributed by atoms with Crippen molar-refractivity contribution in [2.75, 3.05) is 14.1 Å². The predicted molar refractivity (Wildman–Crippen MR) is 142 cm³/mol. The topological polar surface area (TPSA) is 3.24 Å². The SMILES string of the molecule is Cc1cc(C)c(B(c2c(C)cc(C)cc2C)C2(N(C)C)CC=Cc3ccccc32)c(C)c1. The summed E-state index contributed by atoms with van der Waals surface area (Å²) in [4.78, 5) is 2.48. The van der Waals surface area contributed by atoms with Gasteiger partial charge in [-0.3, -0.25) is 0 Å². The Kier molecular flexibility index (Phi) is 5.94. The second-order valence-corrected chi connectivity index (χ2v) is 10.1. The molecule has 3 aromatic carbocycles. The third-order valence-corrected chi connectivity index (χ3v) is 7.48. The smallest absolute Gasteiger partial charge is 0.238 e. The van der Waals surface area contributed by atoms with Crippen molar-refractivity contribution in [2.24, 2.45) is 0 Å². The summed E-state index contributed by atoms with van der Waals surface area (Å²) in [5.74, 6) is 0. The number of benzene rings is 3. The van der Waals surface area contributed by atoms with Crippen LogP contribution >= 0.6 is 0 Å². The van der Waals surface area contributed by atoms with Gasteiger partial charge in [-0.05, 0) is 73.2 Å². The Hall–Kier alpha value is -2.58. The van der Waals surface area contributed by atoms with Crippen molar-refractivity contribution in [3.63, 3.8) is 0 Å². The quantitative estimate of drug-likeness (QED) is 0.499. The lowest BCUT2D eigenvalue weighted by Crippen LogP contribution is -2.67. The molecule has 2 heteroatoms. The molecule has 4 rings (SSSR count). The minimum atomic E-state index is -0.166. The molecule has 0 radical (unpaired) electrons. The molecule has 0 aromatic heterocycles. The average Bonchev–Trinajstić information content (AvgIpc) is 2.70. The van der Waals surface area contributed by atoms with Crippen LogP contribution in [0.3, 0.4) is 0 Å². The molecule has 1 nitrogen and oxygen atoms in total. The van der Waals surface area contributed by atoms with Gasteiger partial charge in [0, 0.05) is 5.44 Å². The molecule has 0 bridgehead atoms. The largest absolute Gasteiger partial charge is 0.305 e. The molecule has 0 saturated heterocycles. The van der Waals surface area contributed by atoms with Gasteiger partial charge in [-0.15, -0.1) is 0 Å². The monoisotopic (exact) mass is 421 g/mol. The molecule has 32 heavy (non-hydrogen) atoms. The van der Waals surface area contributed by atoms with Crippen LogP contribution in [-0.4, -0.2) is 25.7 Å². The number of aryl methyl sites for hydroxylation is 6. The normalized spacial score (nSPS) is 17.5. The van der Waals surface area contributed by atoms with Gasteiger partial charge in [0.1, 0.15) is 0 Å². The van der Waals surface area contributed by atoms with Crippen LogP contribution < -0.4 is 10.9 Å². The Morgan fingerprint density at radius 3 is 1.66 bits per heavy atom. The maximum atomic E-state index is 2.48. The van der Waals surface area contributed by atoms with Gasteiger partial charge in [0.15, 0.2) is 0 Å². The molecule has 3 aromatic rings. The van der Waals surface area contributed by atoms with E-state index in [1.165, 1.54) is 55.4 Å². The second-order valence-electron chi connectivity index (χ2n) is 10.1. The maximum Gasteiger partial charge on any atom is 0.238 e. The molecule has 1 atom stereocenters. The average molecular weight is 421 g/mol. The van der Waals surface area contributed by atoms with Crippen molar-refractivity contribution in [1.82, 2.24) is 4.90 Å². The highest BCUT2D eigenvalue weighted by atomic mass is 15.1. The van der Waals surface area contributed by atoms with Gasteiger partial charge in [-0.1, -0.05) is 105 Å². The van der Waals surface area contributed by atoms with Crippen molar-refractivity contribution >= 4 is 23.7 Å². The van der Waals surface area contributed by atoms with Crippen LogP contribution in [0.5, 0.6) is 0 Å². The van der Waals surface area contributed by atoms with E-state index in [0.717, 1.165) is 6.42 Å². The molecule has 1 aliphatic rings. The molecule has 1 aliphatic carbocycles. The number of hydrogen-bond donors (Lipinski definition) is 0. The van der Waals surface area contributed by atoms with E-state index >= 15 is 0 Å². The number of hydrogen-bond acceptors (Lipinski definition) is 1. The zero-order valence-corrected chi connectivity index (χ0v) is 21.0. The van der Waals surface area contributed by atoms with E-state index in [4.69, 9.17) is 0 Å². The van der Waals surface area contributed by atoms with Crippen molar-refractivity contribution < 1.29 is 0 Å². The van der Waals surface area contributed by atoms with Gasteiger partial charge in [0.2, 0.25) is 6.71 Å². The fourth-order valence-corrected chi connectivity index (χ4v) is 6.38. The second kappa shape index (κ2) is 8.41. The highest BCUT2D eigenvalue weighted by molar-refractivity contribution is 6.88. The van der Waals surface area contributed by atoms with Crippen LogP contribution in [0, 0.1) is 41.5 Å². The molecule has 1 unspecified atom stereocenters. The van der Waals surface area contributed by atoms with Crippen molar-refractivity contribution in [1.29, 1.82) is 0 Å². The van der Waals surface area contributed by atoms with E-state index in [0.29, 0.717) is 0 Å². The highest BCUT2D eigenvalue weighted by Crippen LogP contribution is 2.40. The summed E-state index contributed by atoms with van der Waals surface area (Å²) >= 11 is 0. The Bertz CT molecular complexity index is 1100. The van der Waals surface area contributed by atoms with E-state index in [1.54, 1.807) is 0 Å². The maximum absolute atomic E-state index is 2.48. The van der Waals surface area contributed by atoms with Gasteiger partial charge in [0.25, 0.3) is 0 Å². The van der Waals surface area contributed by atoms with E-state index in [-0.39, 0.29) is 12.2 Å². The predicted octanol–water partition coefficient (Wildman–Crippen LogP) is 5.56. The summed E-state index contributed by atoms with van der Waals surface area (Å²) in [6.07, 6.45) is 5.67.